The van der Waals surface area contributed by atoms with Crippen LogP contribution in [-0.2, 0) is 6.54 Å². The Hall–Kier alpha value is -3.81. The van der Waals surface area contributed by atoms with E-state index in [0.29, 0.717) is 22.8 Å². The molecule has 8 heteroatoms. The smallest absolute Gasteiger partial charge is 0.258 e. The Bertz CT molecular complexity index is 1050. The van der Waals surface area contributed by atoms with E-state index in [4.69, 9.17) is 14.2 Å². The van der Waals surface area contributed by atoms with E-state index in [2.05, 4.69) is 10.3 Å². The third-order valence-electron chi connectivity index (χ3n) is 4.56. The molecule has 0 saturated heterocycles. The Kier molecular flexibility index (Phi) is 6.69. The summed E-state index contributed by atoms with van der Waals surface area (Å²) in [5.74, 6) is 1.21. The summed E-state index contributed by atoms with van der Waals surface area (Å²) in [7, 11) is 4.57. The van der Waals surface area contributed by atoms with Crippen LogP contribution in [0, 0.1) is 0 Å². The number of carbonyl (C=O) groups excluding carboxylic acids is 1. The summed E-state index contributed by atoms with van der Waals surface area (Å²) in [5.41, 5.74) is 1.49. The van der Waals surface area contributed by atoms with E-state index in [1.807, 2.05) is 24.3 Å². The molecule has 1 aromatic heterocycles. The van der Waals surface area contributed by atoms with Gasteiger partial charge >= 0.3 is 0 Å². The summed E-state index contributed by atoms with van der Waals surface area (Å²) in [6.45, 7) is 0.515. The molecule has 0 fully saturated rings. The average Bonchev–Trinajstić information content (AvgIpc) is 2.79. The van der Waals surface area contributed by atoms with Crippen molar-refractivity contribution in [2.45, 2.75) is 6.54 Å². The number of nitrogens with zero attached hydrogens (tertiary/aromatic N) is 2. The molecule has 1 heterocycles. The number of benzene rings is 2. The second-order valence-electron chi connectivity index (χ2n) is 6.33. The molecule has 1 N–H and O–H groups in total. The lowest BCUT2D eigenvalue weighted by Gasteiger charge is -2.13. The first-order valence-corrected chi connectivity index (χ1v) is 9.27. The molecule has 0 aliphatic carbocycles. The van der Waals surface area contributed by atoms with Gasteiger partial charge in [0.1, 0.15) is 22.8 Å². The molecule has 0 bridgehead atoms. The van der Waals surface area contributed by atoms with Crippen molar-refractivity contribution < 1.29 is 19.0 Å². The minimum atomic E-state index is -0.347. The molecule has 156 valence electrons. The third-order valence-corrected chi connectivity index (χ3v) is 4.56. The van der Waals surface area contributed by atoms with Gasteiger partial charge in [0.05, 0.1) is 33.4 Å². The highest BCUT2D eigenvalue weighted by Gasteiger charge is 2.17. The minimum absolute atomic E-state index is 0.208. The number of hydrogen-bond donors (Lipinski definition) is 1. The molecule has 8 nitrogen and oxygen atoms in total. The highest BCUT2D eigenvalue weighted by atomic mass is 16.5. The lowest BCUT2D eigenvalue weighted by molar-refractivity contribution is 0.0946. The zero-order chi connectivity index (χ0) is 21.5. The number of carbonyl (C=O) groups is 1. The summed E-state index contributed by atoms with van der Waals surface area (Å²) >= 11 is 0. The van der Waals surface area contributed by atoms with Crippen LogP contribution in [0.4, 0.5) is 0 Å². The van der Waals surface area contributed by atoms with Gasteiger partial charge in [-0.15, -0.1) is 0 Å². The fourth-order valence-electron chi connectivity index (χ4n) is 2.97. The van der Waals surface area contributed by atoms with Crippen LogP contribution < -0.4 is 25.1 Å². The summed E-state index contributed by atoms with van der Waals surface area (Å²) in [6.07, 6.45) is 1.47. The van der Waals surface area contributed by atoms with Gasteiger partial charge in [0.2, 0.25) is 0 Å². The van der Waals surface area contributed by atoms with Gasteiger partial charge in [0.15, 0.2) is 0 Å². The molecule has 0 spiro atoms. The molecule has 0 aliphatic rings. The number of ether oxygens (including phenoxy) is 3. The molecule has 0 atom stereocenters. The van der Waals surface area contributed by atoms with Crippen LogP contribution in [0.5, 0.6) is 17.2 Å². The highest BCUT2D eigenvalue weighted by molar-refractivity contribution is 5.99. The van der Waals surface area contributed by atoms with Gasteiger partial charge in [-0.3, -0.25) is 14.2 Å². The Morgan fingerprint density at radius 3 is 2.23 bits per heavy atom. The fraction of sp³-hybridized carbons (Fsp3) is 0.227. The van der Waals surface area contributed by atoms with Crippen LogP contribution in [0.25, 0.3) is 11.3 Å². The predicted molar refractivity (Wildman–Crippen MR) is 112 cm³/mol. The van der Waals surface area contributed by atoms with E-state index >= 15 is 0 Å². The maximum atomic E-state index is 12.6. The Labute approximate surface area is 174 Å². The van der Waals surface area contributed by atoms with Crippen LogP contribution in [0.2, 0.25) is 0 Å². The molecule has 3 aromatic rings. The van der Waals surface area contributed by atoms with Crippen molar-refractivity contribution in [3.8, 4) is 28.5 Å². The second-order valence-corrected chi connectivity index (χ2v) is 6.33. The molecular formula is C22H23N3O5. The largest absolute Gasteiger partial charge is 0.497 e. The standard InChI is InChI=1S/C22H23N3O5/c1-28-16-9-7-15(8-10-16)17-13-20(26)25(14-24-17)12-11-23-22(27)21-18(29-2)5-4-6-19(21)30-3/h4-10,13-14H,11-12H2,1-3H3,(H,23,27). The van der Waals surface area contributed by atoms with E-state index in [1.54, 1.807) is 25.3 Å². The van der Waals surface area contributed by atoms with E-state index in [-0.39, 0.29) is 24.6 Å². The number of nitrogens with one attached hydrogen (secondary N) is 1. The first-order chi connectivity index (χ1) is 14.6. The van der Waals surface area contributed by atoms with Crippen molar-refractivity contribution in [1.82, 2.24) is 14.9 Å². The number of methoxy groups -OCH3 is 3. The van der Waals surface area contributed by atoms with Crippen molar-refractivity contribution >= 4 is 5.91 Å². The zero-order valence-electron chi connectivity index (χ0n) is 17.0. The van der Waals surface area contributed by atoms with Crippen LogP contribution in [0.1, 0.15) is 10.4 Å². The van der Waals surface area contributed by atoms with Gasteiger partial charge in [0, 0.05) is 24.7 Å². The third kappa shape index (κ3) is 4.60. The lowest BCUT2D eigenvalue weighted by atomic mass is 10.1. The normalized spacial score (nSPS) is 10.4. The second kappa shape index (κ2) is 9.60. The average molecular weight is 409 g/mol. The zero-order valence-corrected chi connectivity index (χ0v) is 17.0. The number of hydrogen-bond acceptors (Lipinski definition) is 6. The lowest BCUT2D eigenvalue weighted by Crippen LogP contribution is -2.31. The SMILES string of the molecule is COc1ccc(-c2cc(=O)n(CCNC(=O)c3c(OC)cccc3OC)cn2)cc1. The van der Waals surface area contributed by atoms with Crippen molar-refractivity contribution in [1.29, 1.82) is 0 Å². The first kappa shape index (κ1) is 20.9. The molecule has 0 unspecified atom stereocenters. The van der Waals surface area contributed by atoms with Crippen LogP contribution in [0.3, 0.4) is 0 Å². The number of aromatic nitrogens is 2. The molecule has 2 aromatic carbocycles. The van der Waals surface area contributed by atoms with Gasteiger partial charge in [-0.1, -0.05) is 6.07 Å². The van der Waals surface area contributed by atoms with Crippen LogP contribution in [-0.4, -0.2) is 43.3 Å². The number of amides is 1. The monoisotopic (exact) mass is 409 g/mol. The van der Waals surface area contributed by atoms with Gasteiger partial charge in [0.25, 0.3) is 11.5 Å². The van der Waals surface area contributed by atoms with Crippen molar-refractivity contribution in [3.63, 3.8) is 0 Å². The Balaban J connectivity index is 1.67. The predicted octanol–water partition coefficient (Wildman–Crippen LogP) is 2.37. The summed E-state index contributed by atoms with van der Waals surface area (Å²) in [5, 5.41) is 2.78. The van der Waals surface area contributed by atoms with Crippen molar-refractivity contribution in [2.24, 2.45) is 0 Å². The van der Waals surface area contributed by atoms with Gasteiger partial charge in [-0.2, -0.15) is 0 Å². The Morgan fingerprint density at radius 2 is 1.67 bits per heavy atom. The highest BCUT2D eigenvalue weighted by Crippen LogP contribution is 2.27. The molecule has 3 rings (SSSR count). The molecular weight excluding hydrogens is 386 g/mol. The van der Waals surface area contributed by atoms with Gasteiger partial charge < -0.3 is 19.5 Å². The topological polar surface area (TPSA) is 91.7 Å². The maximum absolute atomic E-state index is 12.6. The van der Waals surface area contributed by atoms with Gasteiger partial charge in [-0.25, -0.2) is 4.98 Å². The summed E-state index contributed by atoms with van der Waals surface area (Å²) in [6, 6.07) is 13.9. The molecule has 0 aliphatic heterocycles. The molecule has 30 heavy (non-hydrogen) atoms. The molecule has 0 radical (unpaired) electrons. The minimum Gasteiger partial charge on any atom is -0.497 e. The van der Waals surface area contributed by atoms with Gasteiger partial charge in [-0.05, 0) is 36.4 Å². The maximum Gasteiger partial charge on any atom is 0.258 e. The quantitative estimate of drug-likeness (QED) is 0.614. The first-order valence-electron chi connectivity index (χ1n) is 9.27. The van der Waals surface area contributed by atoms with Crippen LogP contribution in [0.15, 0.2) is 59.7 Å². The van der Waals surface area contributed by atoms with Crippen LogP contribution >= 0.6 is 0 Å². The number of rotatable bonds is 8. The fourth-order valence-corrected chi connectivity index (χ4v) is 2.97. The summed E-state index contributed by atoms with van der Waals surface area (Å²) < 4.78 is 17.1. The van der Waals surface area contributed by atoms with Crippen molar-refractivity contribution in [3.05, 3.63) is 70.8 Å². The Morgan fingerprint density at radius 1 is 1.00 bits per heavy atom. The van der Waals surface area contributed by atoms with E-state index < -0.39 is 0 Å². The van der Waals surface area contributed by atoms with E-state index in [1.165, 1.54) is 31.2 Å². The molecule has 0 saturated carbocycles. The van der Waals surface area contributed by atoms with E-state index in [0.717, 1.165) is 11.3 Å². The van der Waals surface area contributed by atoms with E-state index in [9.17, 15) is 9.59 Å². The molecule has 1 amide bonds. The van der Waals surface area contributed by atoms with Crippen molar-refractivity contribution in [2.75, 3.05) is 27.9 Å². The summed E-state index contributed by atoms with van der Waals surface area (Å²) in [4.78, 5) is 29.4.